The summed E-state index contributed by atoms with van der Waals surface area (Å²) in [5.41, 5.74) is 1.79. The van der Waals surface area contributed by atoms with Crippen molar-refractivity contribution in [3.63, 3.8) is 0 Å². The van der Waals surface area contributed by atoms with Crippen molar-refractivity contribution in [1.82, 2.24) is 14.9 Å². The second-order valence-corrected chi connectivity index (χ2v) is 7.79. The Labute approximate surface area is 170 Å². The second-order valence-electron chi connectivity index (χ2n) is 7.79. The number of non-ortho nitro benzene ring substituents is 1. The third-order valence-electron chi connectivity index (χ3n) is 6.02. The molecule has 2 aliphatic rings. The molecular formula is C21H27N5O3. The Hall–Kier alpha value is -2.58. The molecule has 29 heavy (non-hydrogen) atoms. The van der Waals surface area contributed by atoms with Crippen LogP contribution in [0, 0.1) is 10.1 Å². The Kier molecular flexibility index (Phi) is 5.73. The largest absolute Gasteiger partial charge is 0.391 e. The average Bonchev–Trinajstić information content (AvgIpc) is 3.19. The van der Waals surface area contributed by atoms with Crippen molar-refractivity contribution >= 4 is 11.5 Å². The zero-order valence-electron chi connectivity index (χ0n) is 16.7. The van der Waals surface area contributed by atoms with Crippen LogP contribution in [-0.2, 0) is 6.42 Å². The van der Waals surface area contributed by atoms with Gasteiger partial charge in [-0.15, -0.1) is 0 Å². The number of piperazine rings is 1. The number of nitro benzene ring substituents is 1. The molecule has 4 rings (SSSR count). The molecular weight excluding hydrogens is 370 g/mol. The van der Waals surface area contributed by atoms with Gasteiger partial charge in [-0.1, -0.05) is 6.92 Å². The first-order valence-electron chi connectivity index (χ1n) is 10.3. The number of hydrogen-bond donors (Lipinski definition) is 1. The summed E-state index contributed by atoms with van der Waals surface area (Å²) < 4.78 is 0. The molecule has 1 aromatic heterocycles. The number of aromatic nitrogens is 2. The lowest BCUT2D eigenvalue weighted by atomic mass is 10.1. The lowest BCUT2D eigenvalue weighted by Crippen LogP contribution is -2.52. The normalized spacial score (nSPS) is 22.8. The summed E-state index contributed by atoms with van der Waals surface area (Å²) in [5.74, 6) is 1.50. The molecule has 2 aromatic rings. The van der Waals surface area contributed by atoms with Gasteiger partial charge in [0, 0.05) is 61.7 Å². The molecule has 2 fully saturated rings. The van der Waals surface area contributed by atoms with E-state index in [0.29, 0.717) is 11.9 Å². The van der Waals surface area contributed by atoms with Crippen molar-refractivity contribution < 1.29 is 10.0 Å². The molecule has 2 atom stereocenters. The molecule has 8 nitrogen and oxygen atoms in total. The van der Waals surface area contributed by atoms with E-state index >= 15 is 0 Å². The fraction of sp³-hybridized carbons (Fsp3) is 0.524. The van der Waals surface area contributed by atoms with Crippen molar-refractivity contribution in [2.45, 2.75) is 44.8 Å². The fourth-order valence-electron chi connectivity index (χ4n) is 4.32. The van der Waals surface area contributed by atoms with E-state index in [1.165, 1.54) is 12.1 Å². The van der Waals surface area contributed by atoms with Gasteiger partial charge in [0.25, 0.3) is 5.69 Å². The first-order valence-corrected chi connectivity index (χ1v) is 10.3. The number of aliphatic hydroxyl groups is 1. The maximum absolute atomic E-state index is 10.9. The summed E-state index contributed by atoms with van der Waals surface area (Å²) in [5, 5.41) is 21.1. The number of nitrogens with zero attached hydrogens (tertiary/aromatic N) is 5. The van der Waals surface area contributed by atoms with Gasteiger partial charge >= 0.3 is 0 Å². The number of hydrogen-bond acceptors (Lipinski definition) is 7. The van der Waals surface area contributed by atoms with E-state index in [9.17, 15) is 15.2 Å². The van der Waals surface area contributed by atoms with Crippen LogP contribution in [0.25, 0.3) is 11.4 Å². The van der Waals surface area contributed by atoms with E-state index in [-0.39, 0.29) is 11.8 Å². The van der Waals surface area contributed by atoms with Gasteiger partial charge in [0.05, 0.1) is 11.0 Å². The minimum absolute atomic E-state index is 0.0610. The van der Waals surface area contributed by atoms with E-state index in [0.717, 1.165) is 68.9 Å². The minimum Gasteiger partial charge on any atom is -0.391 e. The number of rotatable bonds is 5. The van der Waals surface area contributed by atoms with Gasteiger partial charge in [-0.05, 0) is 37.8 Å². The van der Waals surface area contributed by atoms with E-state index in [1.807, 2.05) is 6.07 Å². The molecule has 1 saturated heterocycles. The SMILES string of the molecule is CCc1cc(N2CCN(C3CCCC3O)CC2)nc(-c2ccc([N+](=O)[O-])cc2)n1. The summed E-state index contributed by atoms with van der Waals surface area (Å²) in [6.07, 6.45) is 3.70. The third kappa shape index (κ3) is 4.23. The minimum atomic E-state index is -0.403. The number of nitro groups is 1. The fourth-order valence-corrected chi connectivity index (χ4v) is 4.32. The number of anilines is 1. The highest BCUT2D eigenvalue weighted by Crippen LogP contribution is 2.27. The van der Waals surface area contributed by atoms with E-state index in [1.54, 1.807) is 12.1 Å². The summed E-state index contributed by atoms with van der Waals surface area (Å²) in [6, 6.07) is 8.72. The van der Waals surface area contributed by atoms with Crippen LogP contribution in [0.3, 0.4) is 0 Å². The van der Waals surface area contributed by atoms with Crippen LogP contribution in [0.5, 0.6) is 0 Å². The first-order chi connectivity index (χ1) is 14.0. The summed E-state index contributed by atoms with van der Waals surface area (Å²) in [7, 11) is 0. The van der Waals surface area contributed by atoms with E-state index in [2.05, 4.69) is 21.7 Å². The zero-order valence-corrected chi connectivity index (χ0v) is 16.7. The van der Waals surface area contributed by atoms with Crippen LogP contribution in [0.1, 0.15) is 31.9 Å². The highest BCUT2D eigenvalue weighted by molar-refractivity contribution is 5.60. The average molecular weight is 397 g/mol. The predicted octanol–water partition coefficient (Wildman–Crippen LogP) is 2.65. The van der Waals surface area contributed by atoms with Gasteiger partial charge in [0.1, 0.15) is 5.82 Å². The monoisotopic (exact) mass is 397 g/mol. The lowest BCUT2D eigenvalue weighted by molar-refractivity contribution is -0.384. The van der Waals surface area contributed by atoms with Gasteiger partial charge in [0.2, 0.25) is 0 Å². The van der Waals surface area contributed by atoms with Crippen molar-refractivity contribution in [3.8, 4) is 11.4 Å². The molecule has 1 saturated carbocycles. The molecule has 1 aromatic carbocycles. The van der Waals surface area contributed by atoms with E-state index < -0.39 is 4.92 Å². The van der Waals surface area contributed by atoms with Gasteiger partial charge in [0.15, 0.2) is 5.82 Å². The quantitative estimate of drug-likeness (QED) is 0.612. The van der Waals surface area contributed by atoms with Crippen LogP contribution >= 0.6 is 0 Å². The van der Waals surface area contributed by atoms with Crippen LogP contribution in [-0.4, -0.2) is 63.2 Å². The molecule has 1 aliphatic heterocycles. The Balaban J connectivity index is 1.52. The van der Waals surface area contributed by atoms with Crippen molar-refractivity contribution in [1.29, 1.82) is 0 Å². The molecule has 1 N–H and O–H groups in total. The van der Waals surface area contributed by atoms with E-state index in [4.69, 9.17) is 4.98 Å². The first kappa shape index (κ1) is 19.7. The zero-order chi connectivity index (χ0) is 20.4. The molecule has 8 heteroatoms. The summed E-state index contributed by atoms with van der Waals surface area (Å²) in [6.45, 7) is 5.62. The molecule has 0 bridgehead atoms. The van der Waals surface area contributed by atoms with Crippen molar-refractivity contribution in [3.05, 3.63) is 46.1 Å². The number of aliphatic hydroxyl groups excluding tert-OH is 1. The van der Waals surface area contributed by atoms with Crippen LogP contribution in [0.15, 0.2) is 30.3 Å². The summed E-state index contributed by atoms with van der Waals surface area (Å²) >= 11 is 0. The van der Waals surface area contributed by atoms with Gasteiger partial charge in [-0.3, -0.25) is 15.0 Å². The van der Waals surface area contributed by atoms with Gasteiger partial charge in [-0.25, -0.2) is 9.97 Å². The van der Waals surface area contributed by atoms with Crippen LogP contribution in [0.2, 0.25) is 0 Å². The molecule has 0 radical (unpaired) electrons. The second kappa shape index (κ2) is 8.42. The Morgan fingerprint density at radius 3 is 2.45 bits per heavy atom. The van der Waals surface area contributed by atoms with Crippen molar-refractivity contribution in [2.75, 3.05) is 31.1 Å². The standard InChI is InChI=1S/C21H27N5O3/c1-2-16-14-20(23-21(22-16)15-6-8-17(9-7-15)26(28)29)25-12-10-24(11-13-25)18-4-3-5-19(18)27/h6-9,14,18-19,27H,2-5,10-13H2,1H3. The van der Waals surface area contributed by atoms with Gasteiger partial charge < -0.3 is 10.0 Å². The smallest absolute Gasteiger partial charge is 0.269 e. The molecule has 0 spiro atoms. The topological polar surface area (TPSA) is 95.6 Å². The predicted molar refractivity (Wildman–Crippen MR) is 111 cm³/mol. The Morgan fingerprint density at radius 1 is 1.14 bits per heavy atom. The highest BCUT2D eigenvalue weighted by atomic mass is 16.6. The molecule has 154 valence electrons. The maximum atomic E-state index is 10.9. The highest BCUT2D eigenvalue weighted by Gasteiger charge is 2.32. The summed E-state index contributed by atoms with van der Waals surface area (Å²) in [4.78, 5) is 24.6. The Morgan fingerprint density at radius 2 is 1.86 bits per heavy atom. The maximum Gasteiger partial charge on any atom is 0.269 e. The molecule has 0 amide bonds. The Bertz CT molecular complexity index is 865. The van der Waals surface area contributed by atoms with Crippen molar-refractivity contribution in [2.24, 2.45) is 0 Å². The molecule has 2 heterocycles. The van der Waals surface area contributed by atoms with Crippen LogP contribution < -0.4 is 4.90 Å². The molecule has 2 unspecified atom stereocenters. The molecule has 1 aliphatic carbocycles. The number of aryl methyl sites for hydroxylation is 1. The van der Waals surface area contributed by atoms with Crippen LogP contribution in [0.4, 0.5) is 11.5 Å². The van der Waals surface area contributed by atoms with Gasteiger partial charge in [-0.2, -0.15) is 0 Å². The number of benzene rings is 1. The lowest BCUT2D eigenvalue weighted by Gasteiger charge is -2.39. The third-order valence-corrected chi connectivity index (χ3v) is 6.02.